The lowest BCUT2D eigenvalue weighted by Gasteiger charge is -2.18. The molecule has 2 aliphatic heterocycles. The molecule has 4 atom stereocenters. The van der Waals surface area contributed by atoms with Gasteiger partial charge in [-0.15, -0.1) is 0 Å². The number of nitrogens with zero attached hydrogens (tertiary/aromatic N) is 2. The predicted molar refractivity (Wildman–Crippen MR) is 65.8 cm³/mol. The second kappa shape index (κ2) is 4.31. The van der Waals surface area contributed by atoms with Crippen LogP contribution < -0.4 is 11.2 Å². The van der Waals surface area contributed by atoms with Crippen molar-refractivity contribution in [3.8, 4) is 6.07 Å². The quantitative estimate of drug-likeness (QED) is 0.493. The van der Waals surface area contributed by atoms with Crippen LogP contribution in [0.3, 0.4) is 0 Å². The molecular weight excluding hydrogens is 265 g/mol. The number of ether oxygens (including phenoxy) is 1. The van der Waals surface area contributed by atoms with Crippen LogP contribution in [0.5, 0.6) is 0 Å². The van der Waals surface area contributed by atoms with Gasteiger partial charge in [-0.2, -0.15) is 5.26 Å². The molecule has 3 heterocycles. The second-order valence-electron chi connectivity index (χ2n) is 4.93. The number of aliphatic hydroxyl groups is 1. The first kappa shape index (κ1) is 13.1. The van der Waals surface area contributed by atoms with Crippen molar-refractivity contribution in [2.24, 2.45) is 0 Å². The summed E-state index contributed by atoms with van der Waals surface area (Å²) in [5.74, 6) is 0. The van der Waals surface area contributed by atoms with E-state index in [-0.39, 0.29) is 6.42 Å². The minimum Gasteiger partial charge on any atom is -0.421 e. The summed E-state index contributed by atoms with van der Waals surface area (Å²) in [6.07, 6.45) is -1.02. The second-order valence-corrected chi connectivity index (χ2v) is 4.93. The fraction of sp³-hybridized carbons (Fsp3) is 0.545. The molecule has 0 saturated carbocycles. The Bertz CT molecular complexity index is 701. The molecule has 9 heteroatoms. The molecule has 103 valence electrons. The summed E-state index contributed by atoms with van der Waals surface area (Å²) in [5.41, 5.74) is -1.97. The van der Waals surface area contributed by atoms with E-state index < -0.39 is 35.2 Å². The molecule has 1 unspecified atom stereocenters. The highest BCUT2D eigenvalue weighted by atomic mass is 16.6. The molecule has 0 aromatic carbocycles. The maximum Gasteiger partial charge on any atom is 0.350 e. The third kappa shape index (κ3) is 1.89. The normalized spacial score (nSPS) is 35.4. The Morgan fingerprint density at radius 3 is 2.95 bits per heavy atom. The van der Waals surface area contributed by atoms with Crippen molar-refractivity contribution in [1.29, 1.82) is 5.26 Å². The van der Waals surface area contributed by atoms with E-state index in [4.69, 9.17) is 14.7 Å². The summed E-state index contributed by atoms with van der Waals surface area (Å²) in [5, 5.41) is 19.0. The lowest BCUT2D eigenvalue weighted by Crippen LogP contribution is -2.37. The van der Waals surface area contributed by atoms with Gasteiger partial charge in [0.05, 0.1) is 12.2 Å². The first-order valence-electron chi connectivity index (χ1n) is 6.06. The van der Waals surface area contributed by atoms with Crippen molar-refractivity contribution < 1.29 is 14.5 Å². The van der Waals surface area contributed by atoms with Crippen LogP contribution in [0.1, 0.15) is 18.2 Å². The number of aliphatic hydroxyl groups excluding tert-OH is 1. The van der Waals surface area contributed by atoms with Crippen LogP contribution in [0, 0.1) is 18.3 Å². The molecular formula is C11H11BN3O5. The topological polar surface area (TPSA) is 121 Å². The molecule has 3 rings (SSSR count). The average molecular weight is 276 g/mol. The molecule has 2 saturated heterocycles. The van der Waals surface area contributed by atoms with E-state index >= 15 is 0 Å². The number of nitrogens with one attached hydrogen (secondary N) is 1. The minimum atomic E-state index is -1.24. The number of hydrogen-bond acceptors (Lipinski definition) is 6. The van der Waals surface area contributed by atoms with Crippen molar-refractivity contribution >= 4 is 7.48 Å². The van der Waals surface area contributed by atoms with Gasteiger partial charge in [0.1, 0.15) is 12.3 Å². The van der Waals surface area contributed by atoms with Gasteiger partial charge in [-0.1, -0.05) is 0 Å². The van der Waals surface area contributed by atoms with Gasteiger partial charge in [0.25, 0.3) is 5.56 Å². The van der Waals surface area contributed by atoms with E-state index in [2.05, 4.69) is 4.98 Å². The van der Waals surface area contributed by atoms with Crippen LogP contribution in [-0.2, 0) is 9.39 Å². The molecule has 1 aromatic rings. The van der Waals surface area contributed by atoms with Crippen molar-refractivity contribution in [1.82, 2.24) is 9.55 Å². The Hall–Kier alpha value is -1.89. The Morgan fingerprint density at radius 2 is 2.35 bits per heavy atom. The zero-order chi connectivity index (χ0) is 14.5. The van der Waals surface area contributed by atoms with E-state index in [1.807, 2.05) is 6.07 Å². The maximum absolute atomic E-state index is 11.8. The van der Waals surface area contributed by atoms with Crippen LogP contribution >= 0.6 is 0 Å². The van der Waals surface area contributed by atoms with Crippen LogP contribution in [0.15, 0.2) is 15.8 Å². The first-order valence-corrected chi connectivity index (χ1v) is 6.06. The van der Waals surface area contributed by atoms with Gasteiger partial charge in [0.2, 0.25) is 0 Å². The smallest absolute Gasteiger partial charge is 0.350 e. The SMILES string of the molecule is Cc1cn([C@H]2C[C@H](O)[C@@H](C3(C#N)[B]O3)O2)c(=O)[nH]c1=O. The maximum atomic E-state index is 11.8. The Balaban J connectivity index is 1.91. The number of rotatable bonds is 2. The summed E-state index contributed by atoms with van der Waals surface area (Å²) in [6, 6.07) is 1.92. The molecule has 0 aliphatic carbocycles. The molecule has 1 radical (unpaired) electrons. The van der Waals surface area contributed by atoms with Crippen molar-refractivity contribution in [3.63, 3.8) is 0 Å². The van der Waals surface area contributed by atoms with E-state index in [1.54, 1.807) is 6.92 Å². The number of aromatic nitrogens is 2. The summed E-state index contributed by atoms with van der Waals surface area (Å²) in [7, 11) is 1.30. The van der Waals surface area contributed by atoms with Gasteiger partial charge in [-0.05, 0) is 6.92 Å². The minimum absolute atomic E-state index is 0.136. The summed E-state index contributed by atoms with van der Waals surface area (Å²) in [6.45, 7) is 1.56. The van der Waals surface area contributed by atoms with E-state index in [9.17, 15) is 14.7 Å². The van der Waals surface area contributed by atoms with Crippen molar-refractivity contribution in [2.45, 2.75) is 37.3 Å². The van der Waals surface area contributed by atoms with E-state index in [0.717, 1.165) is 0 Å². The highest BCUT2D eigenvalue weighted by Gasteiger charge is 2.61. The van der Waals surface area contributed by atoms with Crippen LogP contribution in [-0.4, -0.2) is 39.8 Å². The number of aryl methyl sites for hydroxylation is 1. The number of H-pyrrole nitrogens is 1. The number of nitriles is 1. The molecule has 1 aromatic heterocycles. The fourth-order valence-electron chi connectivity index (χ4n) is 2.33. The van der Waals surface area contributed by atoms with Gasteiger partial charge in [0.15, 0.2) is 5.50 Å². The lowest BCUT2D eigenvalue weighted by molar-refractivity contribution is -0.0475. The van der Waals surface area contributed by atoms with Crippen molar-refractivity contribution in [3.05, 3.63) is 32.6 Å². The monoisotopic (exact) mass is 276 g/mol. The highest BCUT2D eigenvalue weighted by molar-refractivity contribution is 6.44. The van der Waals surface area contributed by atoms with E-state index in [1.165, 1.54) is 18.2 Å². The third-order valence-electron chi connectivity index (χ3n) is 3.52. The Kier molecular flexibility index (Phi) is 2.83. The zero-order valence-corrected chi connectivity index (χ0v) is 10.6. The summed E-state index contributed by atoms with van der Waals surface area (Å²) >= 11 is 0. The molecule has 2 aliphatic rings. The Morgan fingerprint density at radius 1 is 1.65 bits per heavy atom. The first-order chi connectivity index (χ1) is 9.47. The van der Waals surface area contributed by atoms with Crippen LogP contribution in [0.25, 0.3) is 0 Å². The molecule has 0 amide bonds. The number of aromatic amines is 1. The van der Waals surface area contributed by atoms with Crippen LogP contribution in [0.4, 0.5) is 0 Å². The standard InChI is InChI=1S/C11H11BN3O5/c1-5-3-15(10(18)14-9(5)17)7-2-6(16)8(19-7)11(4-13)12-20-11/h3,6-8,16H,2H2,1H3,(H,14,17,18)/t6-,7+,8-,11?/m0/s1. The predicted octanol–water partition coefficient (Wildman–Crippen LogP) is -1.64. The molecule has 0 spiro atoms. The van der Waals surface area contributed by atoms with E-state index in [0.29, 0.717) is 5.56 Å². The molecule has 0 bridgehead atoms. The van der Waals surface area contributed by atoms with Crippen LogP contribution in [0.2, 0.25) is 0 Å². The molecule has 8 nitrogen and oxygen atoms in total. The van der Waals surface area contributed by atoms with Gasteiger partial charge in [-0.3, -0.25) is 14.3 Å². The summed E-state index contributed by atoms with van der Waals surface area (Å²) < 4.78 is 11.7. The Labute approximate surface area is 113 Å². The lowest BCUT2D eigenvalue weighted by atomic mass is 9.82. The fourth-order valence-corrected chi connectivity index (χ4v) is 2.33. The largest absolute Gasteiger partial charge is 0.421 e. The third-order valence-corrected chi connectivity index (χ3v) is 3.52. The van der Waals surface area contributed by atoms with Gasteiger partial charge >= 0.3 is 13.2 Å². The molecule has 20 heavy (non-hydrogen) atoms. The highest BCUT2D eigenvalue weighted by Crippen LogP contribution is 2.40. The average Bonchev–Trinajstić information content (AvgIpc) is 3.11. The van der Waals surface area contributed by atoms with Gasteiger partial charge in [-0.25, -0.2) is 4.79 Å². The van der Waals surface area contributed by atoms with Gasteiger partial charge < -0.3 is 14.5 Å². The summed E-state index contributed by atoms with van der Waals surface area (Å²) in [4.78, 5) is 25.3. The van der Waals surface area contributed by atoms with Crippen molar-refractivity contribution in [2.75, 3.05) is 0 Å². The number of hydrogen-bond donors (Lipinski definition) is 2. The molecule has 2 N–H and O–H groups in total. The molecule has 2 fully saturated rings. The zero-order valence-electron chi connectivity index (χ0n) is 10.6. The van der Waals surface area contributed by atoms with Gasteiger partial charge in [0, 0.05) is 18.2 Å².